The lowest BCUT2D eigenvalue weighted by Gasteiger charge is -2.06. The number of thioether (sulfide) groups is 1. The number of carbonyl (C=O) groups excluding carboxylic acids is 3. The number of rotatable bonds is 8. The van der Waals surface area contributed by atoms with Crippen LogP contribution in [0, 0.1) is 6.92 Å². The van der Waals surface area contributed by atoms with Gasteiger partial charge in [0.05, 0.1) is 11.5 Å². The summed E-state index contributed by atoms with van der Waals surface area (Å²) < 4.78 is 4.84. The summed E-state index contributed by atoms with van der Waals surface area (Å²) >= 11 is 1.15. The Kier molecular flexibility index (Phi) is 6.46. The van der Waals surface area contributed by atoms with Gasteiger partial charge in [-0.05, 0) is 31.9 Å². The molecule has 1 aliphatic rings. The predicted octanol–water partition coefficient (Wildman–Crippen LogP) is 1.49. The lowest BCUT2D eigenvalue weighted by atomic mass is 10.2. The molecule has 0 unspecified atom stereocenters. The van der Waals surface area contributed by atoms with Gasteiger partial charge in [-0.2, -0.15) is 0 Å². The second kappa shape index (κ2) is 8.57. The molecule has 0 saturated heterocycles. The molecule has 6 nitrogen and oxygen atoms in total. The van der Waals surface area contributed by atoms with Gasteiger partial charge >= 0.3 is 5.97 Å². The number of amides is 2. The Morgan fingerprint density at radius 2 is 1.83 bits per heavy atom. The highest BCUT2D eigenvalue weighted by molar-refractivity contribution is 8.00. The summed E-state index contributed by atoms with van der Waals surface area (Å²) in [7, 11) is 0. The van der Waals surface area contributed by atoms with E-state index in [0.717, 1.165) is 35.9 Å². The molecule has 23 heavy (non-hydrogen) atoms. The molecule has 1 aromatic carbocycles. The minimum absolute atomic E-state index is 0.0397. The fraction of sp³-hybridized carbons (Fsp3) is 0.438. The molecule has 1 aromatic rings. The molecule has 2 rings (SSSR count). The zero-order chi connectivity index (χ0) is 16.7. The zero-order valence-electron chi connectivity index (χ0n) is 13.0. The van der Waals surface area contributed by atoms with Crippen molar-refractivity contribution in [2.45, 2.75) is 25.8 Å². The molecule has 2 amide bonds. The Hall–Kier alpha value is -2.02. The van der Waals surface area contributed by atoms with Crippen molar-refractivity contribution < 1.29 is 19.1 Å². The number of nitrogens with one attached hydrogen (secondary N) is 2. The monoisotopic (exact) mass is 336 g/mol. The van der Waals surface area contributed by atoms with Gasteiger partial charge in [-0.1, -0.05) is 17.7 Å². The van der Waals surface area contributed by atoms with Crippen molar-refractivity contribution in [1.29, 1.82) is 0 Å². The first-order valence-electron chi connectivity index (χ1n) is 7.42. The molecule has 1 saturated carbocycles. The van der Waals surface area contributed by atoms with Crippen LogP contribution >= 0.6 is 11.8 Å². The van der Waals surface area contributed by atoms with E-state index in [-0.39, 0.29) is 36.0 Å². The Bertz CT molecular complexity index is 570. The van der Waals surface area contributed by atoms with Crippen LogP contribution in [0.1, 0.15) is 18.4 Å². The van der Waals surface area contributed by atoms with Gasteiger partial charge in [-0.15, -0.1) is 11.8 Å². The van der Waals surface area contributed by atoms with Crippen molar-refractivity contribution in [1.82, 2.24) is 5.32 Å². The van der Waals surface area contributed by atoms with Gasteiger partial charge in [0.15, 0.2) is 6.61 Å². The van der Waals surface area contributed by atoms with Crippen molar-refractivity contribution in [3.63, 3.8) is 0 Å². The van der Waals surface area contributed by atoms with Crippen LogP contribution in [0.5, 0.6) is 0 Å². The molecule has 124 valence electrons. The van der Waals surface area contributed by atoms with Crippen LogP contribution in [0.3, 0.4) is 0 Å². The van der Waals surface area contributed by atoms with Crippen molar-refractivity contribution in [3.05, 3.63) is 29.8 Å². The minimum Gasteiger partial charge on any atom is -0.455 e. The second-order valence-electron chi connectivity index (χ2n) is 5.41. The van der Waals surface area contributed by atoms with Crippen molar-refractivity contribution >= 4 is 35.2 Å². The highest BCUT2D eigenvalue weighted by Gasteiger charge is 2.23. The van der Waals surface area contributed by atoms with Gasteiger partial charge in [0.2, 0.25) is 5.91 Å². The van der Waals surface area contributed by atoms with E-state index in [9.17, 15) is 14.4 Å². The van der Waals surface area contributed by atoms with Crippen LogP contribution in [0.15, 0.2) is 24.3 Å². The average Bonchev–Trinajstić information content (AvgIpc) is 3.31. The lowest BCUT2D eigenvalue weighted by Crippen LogP contribution is -2.30. The molecule has 7 heteroatoms. The Morgan fingerprint density at radius 1 is 1.13 bits per heavy atom. The molecule has 0 heterocycles. The van der Waals surface area contributed by atoms with E-state index >= 15 is 0 Å². The van der Waals surface area contributed by atoms with Crippen molar-refractivity contribution in [3.8, 4) is 0 Å². The third-order valence-corrected chi connectivity index (χ3v) is 4.00. The number of benzene rings is 1. The summed E-state index contributed by atoms with van der Waals surface area (Å²) in [4.78, 5) is 34.5. The van der Waals surface area contributed by atoms with Crippen molar-refractivity contribution in [2.24, 2.45) is 0 Å². The summed E-state index contributed by atoms with van der Waals surface area (Å²) in [6.07, 6.45) is 1.98. The first kappa shape index (κ1) is 17.3. The van der Waals surface area contributed by atoms with Gasteiger partial charge in [0, 0.05) is 11.7 Å². The topological polar surface area (TPSA) is 84.5 Å². The molecule has 1 fully saturated rings. The molecule has 0 aromatic heterocycles. The lowest BCUT2D eigenvalue weighted by molar-refractivity contribution is -0.145. The number of carbonyl (C=O) groups is 3. The molecule has 0 spiro atoms. The maximum Gasteiger partial charge on any atom is 0.316 e. The molecule has 2 N–H and O–H groups in total. The highest BCUT2D eigenvalue weighted by atomic mass is 32.2. The third kappa shape index (κ3) is 7.19. The molecule has 0 aliphatic heterocycles. The number of hydrogen-bond donors (Lipinski definition) is 2. The highest BCUT2D eigenvalue weighted by Crippen LogP contribution is 2.18. The number of esters is 1. The molecule has 0 bridgehead atoms. The summed E-state index contributed by atoms with van der Waals surface area (Å²) in [5.74, 6) is -0.764. The quantitative estimate of drug-likeness (QED) is 0.703. The smallest absolute Gasteiger partial charge is 0.316 e. The first-order valence-corrected chi connectivity index (χ1v) is 8.57. The van der Waals surface area contributed by atoms with E-state index in [1.165, 1.54) is 0 Å². The van der Waals surface area contributed by atoms with E-state index in [1.54, 1.807) is 0 Å². The average molecular weight is 336 g/mol. The molecule has 1 aliphatic carbocycles. The van der Waals surface area contributed by atoms with Crippen molar-refractivity contribution in [2.75, 3.05) is 23.4 Å². The van der Waals surface area contributed by atoms with Crippen LogP contribution in [0.2, 0.25) is 0 Å². The van der Waals surface area contributed by atoms with Gasteiger partial charge in [-0.3, -0.25) is 14.4 Å². The van der Waals surface area contributed by atoms with Crippen LogP contribution in [-0.4, -0.2) is 41.9 Å². The molecule has 0 atom stereocenters. The normalized spacial score (nSPS) is 13.3. The number of aryl methyl sites for hydroxylation is 1. The standard InChI is InChI=1S/C16H20N2O4S/c1-11-2-4-12(5-3-11)18-15(20)9-23-10-16(21)22-8-14(19)17-13-6-7-13/h2-5,13H,6-10H2,1H3,(H,17,19)(H,18,20). The molecular formula is C16H20N2O4S. The van der Waals surface area contributed by atoms with E-state index in [1.807, 2.05) is 31.2 Å². The Balaban J connectivity index is 1.56. The summed E-state index contributed by atoms with van der Waals surface area (Å²) in [6.45, 7) is 1.71. The van der Waals surface area contributed by atoms with Crippen LogP contribution in [0.4, 0.5) is 5.69 Å². The molecule has 0 radical (unpaired) electrons. The largest absolute Gasteiger partial charge is 0.455 e. The Labute approximate surface area is 139 Å². The van der Waals surface area contributed by atoms with Gasteiger partial charge in [-0.25, -0.2) is 0 Å². The third-order valence-electron chi connectivity index (χ3n) is 3.10. The predicted molar refractivity (Wildman–Crippen MR) is 89.3 cm³/mol. The minimum atomic E-state index is -0.496. The van der Waals surface area contributed by atoms with Gasteiger partial charge in [0.25, 0.3) is 5.91 Å². The van der Waals surface area contributed by atoms with E-state index in [0.29, 0.717) is 0 Å². The van der Waals surface area contributed by atoms with Crippen LogP contribution in [-0.2, 0) is 19.1 Å². The molecular weight excluding hydrogens is 316 g/mol. The Morgan fingerprint density at radius 3 is 2.48 bits per heavy atom. The maximum atomic E-state index is 11.7. The summed E-state index contributed by atoms with van der Waals surface area (Å²) in [5, 5.41) is 5.47. The first-order chi connectivity index (χ1) is 11.0. The van der Waals surface area contributed by atoms with Gasteiger partial charge in [0.1, 0.15) is 0 Å². The van der Waals surface area contributed by atoms with E-state index in [2.05, 4.69) is 10.6 Å². The maximum absolute atomic E-state index is 11.7. The number of anilines is 1. The summed E-state index contributed by atoms with van der Waals surface area (Å²) in [6, 6.07) is 7.72. The number of ether oxygens (including phenoxy) is 1. The number of hydrogen-bond acceptors (Lipinski definition) is 5. The second-order valence-corrected chi connectivity index (χ2v) is 6.40. The van der Waals surface area contributed by atoms with Crippen LogP contribution in [0.25, 0.3) is 0 Å². The van der Waals surface area contributed by atoms with Gasteiger partial charge < -0.3 is 15.4 Å². The SMILES string of the molecule is Cc1ccc(NC(=O)CSCC(=O)OCC(=O)NC2CC2)cc1. The van der Waals surface area contributed by atoms with E-state index < -0.39 is 5.97 Å². The summed E-state index contributed by atoms with van der Waals surface area (Å²) in [5.41, 5.74) is 1.84. The van der Waals surface area contributed by atoms with E-state index in [4.69, 9.17) is 4.74 Å². The fourth-order valence-corrected chi connectivity index (χ4v) is 2.36. The van der Waals surface area contributed by atoms with Crippen LogP contribution < -0.4 is 10.6 Å². The fourth-order valence-electron chi connectivity index (χ4n) is 1.75. The zero-order valence-corrected chi connectivity index (χ0v) is 13.8.